The number of nitrogen functional groups attached to an aromatic ring is 1. The van der Waals surface area contributed by atoms with Gasteiger partial charge >= 0.3 is 6.18 Å². The van der Waals surface area contributed by atoms with Crippen molar-refractivity contribution in [3.05, 3.63) is 46.8 Å². The topological polar surface area (TPSA) is 118 Å². The third-order valence-corrected chi connectivity index (χ3v) is 6.26. The number of carbonyl (C=O) groups excluding carboxylic acids is 2. The summed E-state index contributed by atoms with van der Waals surface area (Å²) in [4.78, 5) is 43.9. The molecule has 4 heterocycles. The maximum Gasteiger partial charge on any atom is 0.418 e. The van der Waals surface area contributed by atoms with Gasteiger partial charge in [-0.25, -0.2) is 19.9 Å². The number of piperazine rings is 1. The highest BCUT2D eigenvalue weighted by Crippen LogP contribution is 2.41. The van der Waals surface area contributed by atoms with Crippen molar-refractivity contribution in [1.82, 2.24) is 24.8 Å². The minimum absolute atomic E-state index is 0.0672. The summed E-state index contributed by atoms with van der Waals surface area (Å²) in [6.07, 6.45) is -0.964. The van der Waals surface area contributed by atoms with Crippen LogP contribution in [0.15, 0.2) is 30.6 Å². The Hall–Kier alpha value is -3.80. The van der Waals surface area contributed by atoms with E-state index < -0.39 is 17.4 Å². The van der Waals surface area contributed by atoms with Gasteiger partial charge in [0.15, 0.2) is 11.4 Å². The first-order valence-corrected chi connectivity index (χ1v) is 11.6. The number of fused-ring (bicyclic) bond motifs is 1. The van der Waals surface area contributed by atoms with E-state index in [9.17, 15) is 22.8 Å². The van der Waals surface area contributed by atoms with E-state index in [-0.39, 0.29) is 45.5 Å². The highest BCUT2D eigenvalue weighted by molar-refractivity contribution is 6.33. The third kappa shape index (κ3) is 5.33. The lowest BCUT2D eigenvalue weighted by atomic mass is 10.0. The summed E-state index contributed by atoms with van der Waals surface area (Å²) < 4.78 is 41.6. The van der Waals surface area contributed by atoms with E-state index >= 15 is 0 Å². The lowest BCUT2D eigenvalue weighted by Crippen LogP contribution is -2.53. The van der Waals surface area contributed by atoms with Gasteiger partial charge in [0, 0.05) is 31.8 Å². The standard InChI is InChI=1S/C24H23ClF3N7O2/c1-12-8-17(29)32-21(19(12)24(26,27)28)20-16(25)9-15-22(33-20)30-11-31-23(15)35-7-6-34(10-13(35)2)18(37)5-4-14(3)36/h4-5,8-9,11,13H,6-7,10H2,1-3H3,(H2,29,32). The first-order valence-electron chi connectivity index (χ1n) is 11.3. The zero-order valence-electron chi connectivity index (χ0n) is 20.2. The molecule has 3 aromatic rings. The quantitative estimate of drug-likeness (QED) is 0.503. The zero-order valence-corrected chi connectivity index (χ0v) is 20.9. The third-order valence-electron chi connectivity index (χ3n) is 5.97. The number of alkyl halides is 3. The molecule has 37 heavy (non-hydrogen) atoms. The van der Waals surface area contributed by atoms with E-state index in [0.29, 0.717) is 30.8 Å². The number of pyridine rings is 2. The Balaban J connectivity index is 1.73. The molecule has 1 aliphatic rings. The van der Waals surface area contributed by atoms with Crippen LogP contribution in [-0.2, 0) is 15.8 Å². The number of rotatable bonds is 4. The Morgan fingerprint density at radius 3 is 2.51 bits per heavy atom. The number of nitrogens with two attached hydrogens (primary N) is 1. The number of aryl methyl sites for hydroxylation is 1. The fourth-order valence-electron chi connectivity index (χ4n) is 4.34. The molecule has 0 saturated carbocycles. The second kappa shape index (κ2) is 9.92. The molecule has 2 N–H and O–H groups in total. The van der Waals surface area contributed by atoms with Crippen LogP contribution in [-0.4, -0.2) is 62.2 Å². The van der Waals surface area contributed by atoms with Crippen molar-refractivity contribution in [3.8, 4) is 11.4 Å². The summed E-state index contributed by atoms with van der Waals surface area (Å²) in [6, 6.07) is 2.44. The number of amides is 1. The smallest absolute Gasteiger partial charge is 0.384 e. The molecule has 0 aliphatic carbocycles. The van der Waals surface area contributed by atoms with Crippen LogP contribution < -0.4 is 10.6 Å². The van der Waals surface area contributed by atoms with E-state index in [0.717, 1.165) is 6.07 Å². The molecule has 1 unspecified atom stereocenters. The molecule has 1 atom stereocenters. The highest BCUT2D eigenvalue weighted by Gasteiger charge is 2.38. The molecule has 3 aromatic heterocycles. The molecule has 0 aromatic carbocycles. The summed E-state index contributed by atoms with van der Waals surface area (Å²) in [5.41, 5.74) is 4.13. The Labute approximate surface area is 215 Å². The zero-order chi connectivity index (χ0) is 27.1. The second-order valence-corrected chi connectivity index (χ2v) is 9.15. The average molecular weight is 534 g/mol. The Bertz CT molecular complexity index is 1430. The lowest BCUT2D eigenvalue weighted by molar-refractivity contribution is -0.137. The summed E-state index contributed by atoms with van der Waals surface area (Å²) in [5, 5.41) is 0.371. The number of carbonyl (C=O) groups is 2. The number of hydrogen-bond donors (Lipinski definition) is 1. The van der Waals surface area contributed by atoms with Gasteiger partial charge in [-0.1, -0.05) is 11.6 Å². The monoisotopic (exact) mass is 533 g/mol. The van der Waals surface area contributed by atoms with Crippen LogP contribution >= 0.6 is 11.6 Å². The van der Waals surface area contributed by atoms with E-state index in [1.54, 1.807) is 4.90 Å². The van der Waals surface area contributed by atoms with E-state index in [4.69, 9.17) is 17.3 Å². The molecule has 4 rings (SSSR count). The first-order chi connectivity index (χ1) is 17.4. The van der Waals surface area contributed by atoms with Crippen LogP contribution in [0, 0.1) is 6.92 Å². The largest absolute Gasteiger partial charge is 0.418 e. The molecule has 194 valence electrons. The molecule has 1 amide bonds. The number of allylic oxidation sites excluding steroid dienone is 1. The summed E-state index contributed by atoms with van der Waals surface area (Å²) in [6.45, 7) is 5.72. The van der Waals surface area contributed by atoms with Crippen LogP contribution in [0.2, 0.25) is 5.02 Å². The van der Waals surface area contributed by atoms with E-state index in [1.165, 1.54) is 38.4 Å². The Kier molecular flexibility index (Phi) is 7.05. The van der Waals surface area contributed by atoms with Crippen LogP contribution in [0.25, 0.3) is 22.4 Å². The first kappa shape index (κ1) is 26.3. The number of ketones is 1. The molecule has 13 heteroatoms. The van der Waals surface area contributed by atoms with Crippen molar-refractivity contribution in [1.29, 1.82) is 0 Å². The lowest BCUT2D eigenvalue weighted by Gasteiger charge is -2.40. The van der Waals surface area contributed by atoms with Gasteiger partial charge in [-0.05, 0) is 44.5 Å². The molecule has 0 radical (unpaired) electrons. The summed E-state index contributed by atoms with van der Waals surface area (Å²) in [7, 11) is 0. The van der Waals surface area contributed by atoms with E-state index in [2.05, 4.69) is 19.9 Å². The van der Waals surface area contributed by atoms with Gasteiger partial charge in [0.25, 0.3) is 0 Å². The van der Waals surface area contributed by atoms with Crippen LogP contribution in [0.4, 0.5) is 24.8 Å². The van der Waals surface area contributed by atoms with Crippen LogP contribution in [0.1, 0.15) is 25.0 Å². The minimum Gasteiger partial charge on any atom is -0.384 e. The van der Waals surface area contributed by atoms with Gasteiger partial charge < -0.3 is 15.5 Å². The predicted molar refractivity (Wildman–Crippen MR) is 133 cm³/mol. The number of anilines is 2. The van der Waals surface area contributed by atoms with Crippen molar-refractivity contribution in [2.75, 3.05) is 30.3 Å². The van der Waals surface area contributed by atoms with Crippen molar-refractivity contribution in [2.45, 2.75) is 33.0 Å². The molecule has 0 bridgehead atoms. The molecule has 1 fully saturated rings. The predicted octanol–water partition coefficient (Wildman–Crippen LogP) is 3.83. The molecule has 1 saturated heterocycles. The maximum atomic E-state index is 13.9. The highest BCUT2D eigenvalue weighted by atomic mass is 35.5. The van der Waals surface area contributed by atoms with Gasteiger partial charge in [0.05, 0.1) is 16.0 Å². The number of halogens is 4. The van der Waals surface area contributed by atoms with Crippen molar-refractivity contribution in [2.24, 2.45) is 0 Å². The van der Waals surface area contributed by atoms with E-state index in [1.807, 2.05) is 11.8 Å². The normalized spacial score (nSPS) is 16.6. The van der Waals surface area contributed by atoms with Gasteiger partial charge in [0.2, 0.25) is 5.91 Å². The van der Waals surface area contributed by atoms with Crippen molar-refractivity contribution in [3.63, 3.8) is 0 Å². The summed E-state index contributed by atoms with van der Waals surface area (Å²) in [5.74, 6) is -0.102. The van der Waals surface area contributed by atoms with Gasteiger partial charge in [-0.3, -0.25) is 9.59 Å². The van der Waals surface area contributed by atoms with Gasteiger partial charge in [0.1, 0.15) is 29.4 Å². The van der Waals surface area contributed by atoms with Gasteiger partial charge in [-0.15, -0.1) is 0 Å². The number of aromatic nitrogens is 4. The van der Waals surface area contributed by atoms with Crippen LogP contribution in [0.5, 0.6) is 0 Å². The molecular formula is C24H23ClF3N7O2. The van der Waals surface area contributed by atoms with Crippen molar-refractivity contribution < 1.29 is 22.8 Å². The minimum atomic E-state index is -4.71. The Morgan fingerprint density at radius 2 is 1.86 bits per heavy atom. The maximum absolute atomic E-state index is 13.9. The summed E-state index contributed by atoms with van der Waals surface area (Å²) >= 11 is 6.46. The fourth-order valence-corrected chi connectivity index (χ4v) is 4.58. The SMILES string of the molecule is CC(=O)C=CC(=O)N1CCN(c2ncnc3nc(-c4nc(N)cc(C)c4C(F)(F)F)c(Cl)cc23)C(C)C1. The molecule has 0 spiro atoms. The molecule has 1 aliphatic heterocycles. The Morgan fingerprint density at radius 1 is 1.14 bits per heavy atom. The molecular weight excluding hydrogens is 511 g/mol. The second-order valence-electron chi connectivity index (χ2n) is 8.74. The molecule has 9 nitrogen and oxygen atoms in total. The number of nitrogens with zero attached hydrogens (tertiary/aromatic N) is 6. The average Bonchev–Trinajstić information content (AvgIpc) is 2.80. The van der Waals surface area contributed by atoms with Crippen molar-refractivity contribution >= 4 is 46.0 Å². The van der Waals surface area contributed by atoms with Crippen LogP contribution in [0.3, 0.4) is 0 Å². The van der Waals surface area contributed by atoms with Gasteiger partial charge in [-0.2, -0.15) is 13.2 Å². The fraction of sp³-hybridized carbons (Fsp3) is 0.333. The number of hydrogen-bond acceptors (Lipinski definition) is 8.